The molecule has 6 rings (SSSR count). The number of nitrogens with one attached hydrogen (secondary N) is 2. The molecule has 5 aromatic rings. The van der Waals surface area contributed by atoms with Crippen LogP contribution < -0.4 is 5.32 Å². The largest absolute Gasteiger partial charge is 0.416 e. The van der Waals surface area contributed by atoms with E-state index in [1.165, 1.54) is 12.1 Å². The number of carbonyl (C=O) groups excluding carboxylic acids is 1. The van der Waals surface area contributed by atoms with Crippen LogP contribution in [0, 0.1) is 0 Å². The van der Waals surface area contributed by atoms with E-state index in [4.69, 9.17) is 16.6 Å². The topological polar surface area (TPSA) is 90.0 Å². The van der Waals surface area contributed by atoms with Crippen molar-refractivity contribution in [1.82, 2.24) is 29.7 Å². The number of hydrogen-bond acceptors (Lipinski definition) is 6. The molecule has 4 heterocycles. The number of fused-ring (bicyclic) bond motifs is 1. The maximum absolute atomic E-state index is 14.1. The Balaban J connectivity index is 1.24. The van der Waals surface area contributed by atoms with Crippen LogP contribution in [0.2, 0.25) is 5.02 Å². The van der Waals surface area contributed by atoms with Crippen molar-refractivity contribution in [1.29, 1.82) is 0 Å². The third-order valence-electron chi connectivity index (χ3n) is 7.71. The Morgan fingerprint density at radius 3 is 2.61 bits per heavy atom. The molecule has 8 nitrogen and oxygen atoms in total. The van der Waals surface area contributed by atoms with E-state index < -0.39 is 17.6 Å². The number of H-pyrrole nitrogens is 1. The van der Waals surface area contributed by atoms with Crippen molar-refractivity contribution in [2.75, 3.05) is 38.5 Å². The molecule has 0 unspecified atom stereocenters. The van der Waals surface area contributed by atoms with E-state index >= 15 is 0 Å². The number of carbonyl (C=O) groups is 1. The summed E-state index contributed by atoms with van der Waals surface area (Å²) in [5.74, 6) is -0.0933. The zero-order valence-corrected chi connectivity index (χ0v) is 24.6. The second-order valence-corrected chi connectivity index (χ2v) is 11.3. The average molecular weight is 620 g/mol. The monoisotopic (exact) mass is 619 g/mol. The molecular weight excluding hydrogens is 591 g/mol. The lowest BCUT2D eigenvalue weighted by Gasteiger charge is -2.33. The van der Waals surface area contributed by atoms with E-state index in [2.05, 4.69) is 25.2 Å². The van der Waals surface area contributed by atoms with Gasteiger partial charge in [-0.05, 0) is 60.6 Å². The summed E-state index contributed by atoms with van der Waals surface area (Å²) in [7, 11) is 1.99. The fraction of sp³-hybridized carbons (Fsp3) is 0.250. The van der Waals surface area contributed by atoms with E-state index in [-0.39, 0.29) is 28.4 Å². The zero-order valence-electron chi connectivity index (χ0n) is 23.8. The maximum Gasteiger partial charge on any atom is 0.416 e. The van der Waals surface area contributed by atoms with E-state index in [1.54, 1.807) is 36.8 Å². The first kappa shape index (κ1) is 29.7. The number of rotatable bonds is 7. The molecule has 1 saturated heterocycles. The Kier molecular flexibility index (Phi) is 8.35. The molecule has 0 saturated carbocycles. The third-order valence-corrected chi connectivity index (χ3v) is 8.04. The smallest absolute Gasteiger partial charge is 0.358 e. The summed E-state index contributed by atoms with van der Waals surface area (Å²) in [4.78, 5) is 34.2. The number of piperazine rings is 1. The summed E-state index contributed by atoms with van der Waals surface area (Å²) in [6.45, 7) is 3.17. The van der Waals surface area contributed by atoms with Gasteiger partial charge in [-0.2, -0.15) is 13.2 Å². The van der Waals surface area contributed by atoms with Crippen LogP contribution in [0.25, 0.3) is 22.4 Å². The molecule has 0 spiro atoms. The minimum Gasteiger partial charge on any atom is -0.358 e. The van der Waals surface area contributed by atoms with Crippen molar-refractivity contribution in [3.63, 3.8) is 0 Å². The summed E-state index contributed by atoms with van der Waals surface area (Å²) in [5.41, 5.74) is 3.29. The molecule has 2 aromatic carbocycles. The molecule has 1 aliphatic rings. The number of aromatic amines is 1. The first-order chi connectivity index (χ1) is 21.1. The van der Waals surface area contributed by atoms with Gasteiger partial charge in [-0.3, -0.25) is 14.7 Å². The van der Waals surface area contributed by atoms with E-state index in [9.17, 15) is 18.0 Å². The molecule has 2 N–H and O–H groups in total. The number of likely N-dealkylation sites (N-methyl/N-ethyl adjacent to an activating group) is 1. The van der Waals surface area contributed by atoms with Crippen molar-refractivity contribution in [3.05, 3.63) is 106 Å². The molecule has 1 amide bonds. The summed E-state index contributed by atoms with van der Waals surface area (Å²) in [5, 5.41) is 2.79. The van der Waals surface area contributed by atoms with Gasteiger partial charge in [0.25, 0.3) is 5.91 Å². The van der Waals surface area contributed by atoms with Gasteiger partial charge in [-0.25, -0.2) is 9.97 Å². The lowest BCUT2D eigenvalue weighted by Crippen LogP contribution is -2.44. The van der Waals surface area contributed by atoms with Crippen molar-refractivity contribution in [2.45, 2.75) is 19.1 Å². The molecule has 12 heteroatoms. The second kappa shape index (κ2) is 12.4. The molecule has 3 aromatic heterocycles. The highest BCUT2D eigenvalue weighted by Crippen LogP contribution is 2.35. The van der Waals surface area contributed by atoms with Gasteiger partial charge in [0.05, 0.1) is 32.9 Å². The number of anilines is 1. The predicted molar refractivity (Wildman–Crippen MR) is 164 cm³/mol. The molecule has 44 heavy (non-hydrogen) atoms. The Bertz CT molecular complexity index is 1800. The van der Waals surface area contributed by atoms with Crippen molar-refractivity contribution in [2.24, 2.45) is 0 Å². The number of nitrogens with zero attached hydrogens (tertiary/aromatic N) is 5. The molecule has 226 valence electrons. The Morgan fingerprint density at radius 2 is 1.86 bits per heavy atom. The second-order valence-electron chi connectivity index (χ2n) is 10.9. The summed E-state index contributed by atoms with van der Waals surface area (Å²) in [6.07, 6.45) is 0.916. The first-order valence-electron chi connectivity index (χ1n) is 14.1. The van der Waals surface area contributed by atoms with Crippen LogP contribution in [0.4, 0.5) is 18.9 Å². The quantitative estimate of drug-likeness (QED) is 0.223. The van der Waals surface area contributed by atoms with Gasteiger partial charge in [-0.15, -0.1) is 0 Å². The average Bonchev–Trinajstić information content (AvgIpc) is 3.49. The van der Waals surface area contributed by atoms with E-state index in [0.717, 1.165) is 41.3 Å². The SMILES string of the molecule is CN1CCN(Cc2ccc(NC(=O)c3cc(Cc4nc(-c5cccnc5)nc5cc[nH]c45)ccc3Cl)cc2C(F)(F)F)CC1. The molecular formula is C32H29ClF3N7O. The summed E-state index contributed by atoms with van der Waals surface area (Å²) < 4.78 is 42.2. The number of halogens is 4. The highest BCUT2D eigenvalue weighted by Gasteiger charge is 2.34. The minimum atomic E-state index is -4.57. The Labute approximate surface area is 256 Å². The van der Waals surface area contributed by atoms with Gasteiger partial charge in [-0.1, -0.05) is 23.7 Å². The summed E-state index contributed by atoms with van der Waals surface area (Å²) >= 11 is 6.40. The molecule has 1 fully saturated rings. The van der Waals surface area contributed by atoms with Crippen LogP contribution in [0.5, 0.6) is 0 Å². The van der Waals surface area contributed by atoms with Crippen molar-refractivity contribution in [3.8, 4) is 11.4 Å². The molecule has 0 atom stereocenters. The Morgan fingerprint density at radius 1 is 1.05 bits per heavy atom. The number of amides is 1. The molecule has 0 aliphatic carbocycles. The molecule has 0 radical (unpaired) electrons. The maximum atomic E-state index is 14.1. The lowest BCUT2D eigenvalue weighted by atomic mass is 10.0. The van der Waals surface area contributed by atoms with E-state index in [1.807, 2.05) is 30.1 Å². The minimum absolute atomic E-state index is 0.0379. The number of aromatic nitrogens is 4. The highest BCUT2D eigenvalue weighted by atomic mass is 35.5. The third kappa shape index (κ3) is 6.59. The number of hydrogen-bond donors (Lipinski definition) is 2. The fourth-order valence-electron chi connectivity index (χ4n) is 5.31. The van der Waals surface area contributed by atoms with Crippen LogP contribution in [0.1, 0.15) is 32.7 Å². The van der Waals surface area contributed by atoms with E-state index in [0.29, 0.717) is 31.0 Å². The van der Waals surface area contributed by atoms with Crippen LogP contribution in [-0.4, -0.2) is 68.9 Å². The highest BCUT2D eigenvalue weighted by molar-refractivity contribution is 6.34. The standard InChI is InChI=1S/C32H29ClF3N7O/c1-42-11-13-43(14-12-42)19-22-5-6-23(17-25(22)32(34,35)36)39-31(44)24-15-20(4-7-26(24)33)16-28-29-27(8-10-38-29)40-30(41-28)21-3-2-9-37-18-21/h2-10,15,17-18,38H,11-14,16,19H2,1H3,(H,39,44). The lowest BCUT2D eigenvalue weighted by molar-refractivity contribution is -0.138. The number of pyridine rings is 1. The van der Waals surface area contributed by atoms with Crippen LogP contribution in [0.15, 0.2) is 73.2 Å². The number of benzene rings is 2. The first-order valence-corrected chi connectivity index (χ1v) is 14.5. The normalized spacial score (nSPS) is 14.7. The molecule has 1 aliphatic heterocycles. The number of alkyl halides is 3. The fourth-order valence-corrected chi connectivity index (χ4v) is 5.51. The van der Waals surface area contributed by atoms with Crippen LogP contribution >= 0.6 is 11.6 Å². The van der Waals surface area contributed by atoms with Crippen LogP contribution in [-0.2, 0) is 19.1 Å². The van der Waals surface area contributed by atoms with Gasteiger partial charge in [0, 0.05) is 69.0 Å². The van der Waals surface area contributed by atoms with Gasteiger partial charge in [0.2, 0.25) is 0 Å². The Hall–Kier alpha value is -4.32. The van der Waals surface area contributed by atoms with Gasteiger partial charge < -0.3 is 15.2 Å². The van der Waals surface area contributed by atoms with Crippen LogP contribution in [0.3, 0.4) is 0 Å². The van der Waals surface area contributed by atoms with Gasteiger partial charge in [0.1, 0.15) is 0 Å². The predicted octanol–water partition coefficient (Wildman–Crippen LogP) is 6.28. The van der Waals surface area contributed by atoms with Crippen molar-refractivity contribution >= 4 is 34.2 Å². The zero-order chi connectivity index (χ0) is 30.8. The van der Waals surface area contributed by atoms with Gasteiger partial charge >= 0.3 is 6.18 Å². The van der Waals surface area contributed by atoms with Gasteiger partial charge in [0.15, 0.2) is 5.82 Å². The summed E-state index contributed by atoms with van der Waals surface area (Å²) in [6, 6.07) is 14.5. The molecule has 0 bridgehead atoms. The van der Waals surface area contributed by atoms with Crippen molar-refractivity contribution < 1.29 is 18.0 Å².